The zero-order valence-electron chi connectivity index (χ0n) is 9.26. The number of ether oxygens (including phenoxy) is 1. The standard InChI is InChI=1S/C13H18O/c1-7-8(2)11-12(3)4-5-14-13(11)9(6-12)10(7)13/h9-11H,4-6H2,1-3H3/t9-,10-,11-,12+,13+/m0/s1. The molecule has 0 radical (unpaired) electrons. The molecular formula is C13H18O. The summed E-state index contributed by atoms with van der Waals surface area (Å²) in [5, 5.41) is 0. The molecule has 1 saturated heterocycles. The lowest BCUT2D eigenvalue weighted by Crippen LogP contribution is -2.40. The molecule has 3 aliphatic carbocycles. The van der Waals surface area contributed by atoms with Crippen LogP contribution in [0.3, 0.4) is 0 Å². The maximum Gasteiger partial charge on any atom is 0.0856 e. The van der Waals surface area contributed by atoms with E-state index in [0.717, 1.165) is 24.4 Å². The molecule has 4 rings (SSSR count). The maximum atomic E-state index is 6.18. The van der Waals surface area contributed by atoms with Gasteiger partial charge in [-0.15, -0.1) is 0 Å². The van der Waals surface area contributed by atoms with Crippen LogP contribution in [0.4, 0.5) is 0 Å². The molecule has 0 N–H and O–H groups in total. The van der Waals surface area contributed by atoms with Crippen molar-refractivity contribution < 1.29 is 4.74 Å². The molecule has 1 nitrogen and oxygen atoms in total. The third-order valence-electron chi connectivity index (χ3n) is 5.74. The average Bonchev–Trinajstić information content (AvgIpc) is 2.58. The molecule has 1 spiro atoms. The summed E-state index contributed by atoms with van der Waals surface area (Å²) in [4.78, 5) is 0. The van der Waals surface area contributed by atoms with Crippen LogP contribution in [0.1, 0.15) is 33.6 Å². The third-order valence-corrected chi connectivity index (χ3v) is 5.74. The topological polar surface area (TPSA) is 9.23 Å². The summed E-state index contributed by atoms with van der Waals surface area (Å²) < 4.78 is 6.18. The van der Waals surface area contributed by atoms with Crippen molar-refractivity contribution in [2.45, 2.75) is 39.2 Å². The lowest BCUT2D eigenvalue weighted by Gasteiger charge is -2.41. The Balaban J connectivity index is 1.94. The summed E-state index contributed by atoms with van der Waals surface area (Å²) >= 11 is 0. The molecule has 2 bridgehead atoms. The van der Waals surface area contributed by atoms with E-state index in [2.05, 4.69) is 20.8 Å². The first-order valence-corrected chi connectivity index (χ1v) is 5.92. The summed E-state index contributed by atoms with van der Waals surface area (Å²) in [5.74, 6) is 2.49. The quantitative estimate of drug-likeness (QED) is 0.534. The average molecular weight is 190 g/mol. The molecule has 5 atom stereocenters. The molecule has 0 aromatic heterocycles. The Morgan fingerprint density at radius 2 is 2.07 bits per heavy atom. The Bertz CT molecular complexity index is 369. The van der Waals surface area contributed by atoms with E-state index >= 15 is 0 Å². The van der Waals surface area contributed by atoms with E-state index in [1.165, 1.54) is 12.8 Å². The first kappa shape index (κ1) is 7.92. The Morgan fingerprint density at radius 3 is 2.79 bits per heavy atom. The number of hydrogen-bond acceptors (Lipinski definition) is 1. The normalized spacial score (nSPS) is 63.2. The molecule has 0 aromatic rings. The maximum absolute atomic E-state index is 6.18. The van der Waals surface area contributed by atoms with E-state index in [0.29, 0.717) is 11.0 Å². The minimum atomic E-state index is 0.321. The fourth-order valence-corrected chi connectivity index (χ4v) is 5.25. The molecule has 0 amide bonds. The van der Waals surface area contributed by atoms with Gasteiger partial charge in [0.25, 0.3) is 0 Å². The van der Waals surface area contributed by atoms with Gasteiger partial charge in [-0.25, -0.2) is 0 Å². The summed E-state index contributed by atoms with van der Waals surface area (Å²) in [6, 6.07) is 0. The van der Waals surface area contributed by atoms with Crippen molar-refractivity contribution in [1.29, 1.82) is 0 Å². The predicted octanol–water partition coefficient (Wildman–Crippen LogP) is 2.77. The highest BCUT2D eigenvalue weighted by atomic mass is 16.5. The van der Waals surface area contributed by atoms with Crippen LogP contribution in [0.2, 0.25) is 0 Å². The molecule has 0 aromatic carbocycles. The first-order valence-electron chi connectivity index (χ1n) is 5.92. The first-order chi connectivity index (χ1) is 6.61. The Hall–Kier alpha value is -0.300. The van der Waals surface area contributed by atoms with E-state index in [-0.39, 0.29) is 0 Å². The molecule has 1 aliphatic heterocycles. The molecule has 14 heavy (non-hydrogen) atoms. The van der Waals surface area contributed by atoms with Crippen LogP contribution in [0, 0.1) is 23.2 Å². The van der Waals surface area contributed by atoms with Crippen LogP contribution in [-0.4, -0.2) is 12.2 Å². The zero-order valence-corrected chi connectivity index (χ0v) is 9.26. The minimum Gasteiger partial charge on any atom is -0.373 e. The highest BCUT2D eigenvalue weighted by Crippen LogP contribution is 2.81. The number of fused-ring (bicyclic) bond motifs is 1. The summed E-state index contributed by atoms with van der Waals surface area (Å²) in [6.45, 7) is 8.20. The highest BCUT2D eigenvalue weighted by molar-refractivity contribution is 5.48. The van der Waals surface area contributed by atoms with E-state index in [9.17, 15) is 0 Å². The second-order valence-electron chi connectivity index (χ2n) is 6.19. The van der Waals surface area contributed by atoms with Gasteiger partial charge in [-0.3, -0.25) is 0 Å². The van der Waals surface area contributed by atoms with Crippen molar-refractivity contribution in [3.63, 3.8) is 0 Å². The molecule has 1 heterocycles. The number of rotatable bonds is 0. The Kier molecular flexibility index (Phi) is 1.04. The van der Waals surface area contributed by atoms with E-state index in [1.807, 2.05) is 0 Å². The van der Waals surface area contributed by atoms with Crippen molar-refractivity contribution >= 4 is 0 Å². The van der Waals surface area contributed by atoms with Crippen LogP contribution in [0.25, 0.3) is 0 Å². The molecular weight excluding hydrogens is 172 g/mol. The van der Waals surface area contributed by atoms with Crippen LogP contribution < -0.4 is 0 Å². The molecule has 76 valence electrons. The van der Waals surface area contributed by atoms with Crippen molar-refractivity contribution in [2.24, 2.45) is 23.2 Å². The fraction of sp³-hybridized carbons (Fsp3) is 0.846. The van der Waals surface area contributed by atoms with E-state index in [1.54, 1.807) is 11.1 Å². The molecule has 2 saturated carbocycles. The molecule has 1 heteroatoms. The van der Waals surface area contributed by atoms with Gasteiger partial charge < -0.3 is 4.74 Å². The highest BCUT2D eigenvalue weighted by Gasteiger charge is 2.82. The van der Waals surface area contributed by atoms with Gasteiger partial charge in [-0.05, 0) is 38.0 Å². The van der Waals surface area contributed by atoms with Crippen molar-refractivity contribution in [2.75, 3.05) is 6.61 Å². The smallest absolute Gasteiger partial charge is 0.0856 e. The summed E-state index contributed by atoms with van der Waals surface area (Å²) in [5.41, 5.74) is 4.25. The largest absolute Gasteiger partial charge is 0.373 e. The van der Waals surface area contributed by atoms with Crippen LogP contribution in [0.15, 0.2) is 11.1 Å². The van der Waals surface area contributed by atoms with Crippen LogP contribution >= 0.6 is 0 Å². The van der Waals surface area contributed by atoms with Crippen molar-refractivity contribution in [1.82, 2.24) is 0 Å². The second kappa shape index (κ2) is 1.84. The summed E-state index contributed by atoms with van der Waals surface area (Å²) in [7, 11) is 0. The Morgan fingerprint density at radius 1 is 1.29 bits per heavy atom. The van der Waals surface area contributed by atoms with E-state index in [4.69, 9.17) is 4.74 Å². The SMILES string of the molecule is CC1=C(C)[C@H]2[C@]3(C)CCO[C@@]24[C@@H](C3)[C@H]14. The molecule has 3 fully saturated rings. The monoisotopic (exact) mass is 190 g/mol. The van der Waals surface area contributed by atoms with Gasteiger partial charge in [0.15, 0.2) is 0 Å². The van der Waals surface area contributed by atoms with E-state index < -0.39 is 0 Å². The van der Waals surface area contributed by atoms with Gasteiger partial charge in [-0.1, -0.05) is 18.1 Å². The fourth-order valence-electron chi connectivity index (χ4n) is 5.25. The van der Waals surface area contributed by atoms with Gasteiger partial charge in [0.1, 0.15) is 0 Å². The van der Waals surface area contributed by atoms with Crippen LogP contribution in [0.5, 0.6) is 0 Å². The third kappa shape index (κ3) is 0.521. The molecule has 0 unspecified atom stereocenters. The lowest BCUT2D eigenvalue weighted by atomic mass is 9.70. The van der Waals surface area contributed by atoms with Gasteiger partial charge in [-0.2, -0.15) is 0 Å². The molecule has 4 aliphatic rings. The van der Waals surface area contributed by atoms with Crippen molar-refractivity contribution in [3.8, 4) is 0 Å². The lowest BCUT2D eigenvalue weighted by molar-refractivity contribution is -0.0738. The minimum absolute atomic E-state index is 0.321. The van der Waals surface area contributed by atoms with Crippen LogP contribution in [-0.2, 0) is 4.74 Å². The zero-order chi connectivity index (χ0) is 9.72. The van der Waals surface area contributed by atoms with Gasteiger partial charge >= 0.3 is 0 Å². The second-order valence-corrected chi connectivity index (χ2v) is 6.19. The number of hydrogen-bond donors (Lipinski definition) is 0. The van der Waals surface area contributed by atoms with Gasteiger partial charge in [0.05, 0.1) is 5.60 Å². The van der Waals surface area contributed by atoms with Gasteiger partial charge in [0, 0.05) is 18.4 Å². The summed E-state index contributed by atoms with van der Waals surface area (Å²) in [6.07, 6.45) is 2.71. The van der Waals surface area contributed by atoms with Crippen molar-refractivity contribution in [3.05, 3.63) is 11.1 Å². The van der Waals surface area contributed by atoms with Gasteiger partial charge in [0.2, 0.25) is 0 Å². The predicted molar refractivity (Wildman–Crippen MR) is 54.9 cm³/mol. The Labute approximate surface area is 85.5 Å².